The van der Waals surface area contributed by atoms with Gasteiger partial charge in [-0.25, -0.2) is 0 Å². The van der Waals surface area contributed by atoms with Crippen molar-refractivity contribution in [2.45, 2.75) is 26.7 Å². The van der Waals surface area contributed by atoms with Crippen LogP contribution in [0.15, 0.2) is 4.52 Å². The molecule has 1 fully saturated rings. The second-order valence-electron chi connectivity index (χ2n) is 5.08. The Hall–Kier alpha value is -1.36. The minimum absolute atomic E-state index is 0.0183. The van der Waals surface area contributed by atoms with E-state index in [1.165, 1.54) is 0 Å². The van der Waals surface area contributed by atoms with Gasteiger partial charge in [-0.1, -0.05) is 5.16 Å². The molecule has 0 spiro atoms. The molecule has 0 aromatic carbocycles. The van der Waals surface area contributed by atoms with E-state index in [-0.39, 0.29) is 5.91 Å². The molecule has 1 aliphatic rings. The van der Waals surface area contributed by atoms with Crippen molar-refractivity contribution in [1.82, 2.24) is 15.4 Å². The average molecular weight is 251 g/mol. The lowest BCUT2D eigenvalue weighted by molar-refractivity contribution is 0.0760. The molecule has 18 heavy (non-hydrogen) atoms. The maximum atomic E-state index is 12.3. The van der Waals surface area contributed by atoms with Crippen molar-refractivity contribution in [2.75, 3.05) is 26.7 Å². The van der Waals surface area contributed by atoms with E-state index in [4.69, 9.17) is 4.52 Å². The summed E-state index contributed by atoms with van der Waals surface area (Å²) in [7, 11) is 1.86. The maximum absolute atomic E-state index is 12.3. The lowest BCUT2D eigenvalue weighted by atomic mass is 9.97. The first-order valence-corrected chi connectivity index (χ1v) is 6.48. The van der Waals surface area contributed by atoms with Crippen molar-refractivity contribution in [2.24, 2.45) is 5.92 Å². The van der Waals surface area contributed by atoms with Crippen molar-refractivity contribution < 1.29 is 9.32 Å². The molecular formula is C13H21N3O2. The third kappa shape index (κ3) is 2.72. The first kappa shape index (κ1) is 13.1. The largest absolute Gasteiger partial charge is 0.361 e. The van der Waals surface area contributed by atoms with Gasteiger partial charge in [0.2, 0.25) is 0 Å². The van der Waals surface area contributed by atoms with Gasteiger partial charge in [0, 0.05) is 13.6 Å². The molecule has 5 heteroatoms. The number of hydrogen-bond donors (Lipinski definition) is 1. The van der Waals surface area contributed by atoms with Gasteiger partial charge in [-0.2, -0.15) is 0 Å². The molecule has 5 nitrogen and oxygen atoms in total. The molecule has 0 atom stereocenters. The number of nitrogens with zero attached hydrogens (tertiary/aromatic N) is 2. The zero-order valence-corrected chi connectivity index (χ0v) is 11.3. The summed E-state index contributed by atoms with van der Waals surface area (Å²) >= 11 is 0. The lowest BCUT2D eigenvalue weighted by Crippen LogP contribution is -2.37. The molecule has 1 N–H and O–H groups in total. The third-order valence-electron chi connectivity index (χ3n) is 3.58. The maximum Gasteiger partial charge on any atom is 0.259 e. The Morgan fingerprint density at radius 2 is 2.11 bits per heavy atom. The highest BCUT2D eigenvalue weighted by Crippen LogP contribution is 2.17. The van der Waals surface area contributed by atoms with E-state index in [2.05, 4.69) is 10.5 Å². The molecule has 2 heterocycles. The smallest absolute Gasteiger partial charge is 0.259 e. The summed E-state index contributed by atoms with van der Waals surface area (Å²) in [6.07, 6.45) is 2.28. The standard InChI is InChI=1S/C13H21N3O2/c1-9-12(10(2)18-15-9)13(17)16(3)8-11-4-6-14-7-5-11/h11,14H,4-8H2,1-3H3. The monoisotopic (exact) mass is 251 g/mol. The van der Waals surface area contributed by atoms with Crippen LogP contribution in [0.5, 0.6) is 0 Å². The number of piperidine rings is 1. The van der Waals surface area contributed by atoms with Gasteiger partial charge in [0.15, 0.2) is 0 Å². The van der Waals surface area contributed by atoms with E-state index < -0.39 is 0 Å². The minimum atomic E-state index is 0.0183. The number of carbonyl (C=O) groups is 1. The molecule has 1 aromatic rings. The van der Waals surface area contributed by atoms with Crippen molar-refractivity contribution in [3.05, 3.63) is 17.0 Å². The van der Waals surface area contributed by atoms with E-state index in [9.17, 15) is 4.79 Å². The van der Waals surface area contributed by atoms with Gasteiger partial charge in [0.25, 0.3) is 5.91 Å². The van der Waals surface area contributed by atoms with Gasteiger partial charge in [0.05, 0.1) is 5.69 Å². The minimum Gasteiger partial charge on any atom is -0.361 e. The van der Waals surface area contributed by atoms with Crippen LogP contribution < -0.4 is 5.32 Å². The summed E-state index contributed by atoms with van der Waals surface area (Å²) in [5.74, 6) is 1.22. The summed E-state index contributed by atoms with van der Waals surface area (Å²) in [6, 6.07) is 0. The van der Waals surface area contributed by atoms with Crippen LogP contribution in [0.1, 0.15) is 34.7 Å². The summed E-state index contributed by atoms with van der Waals surface area (Å²) < 4.78 is 5.05. The number of amides is 1. The molecule has 0 bridgehead atoms. The first-order chi connectivity index (χ1) is 8.59. The number of hydrogen-bond acceptors (Lipinski definition) is 4. The summed E-state index contributed by atoms with van der Waals surface area (Å²) in [5.41, 5.74) is 1.29. The van der Waals surface area contributed by atoms with Crippen molar-refractivity contribution >= 4 is 5.91 Å². The second kappa shape index (κ2) is 5.52. The molecule has 0 radical (unpaired) electrons. The second-order valence-corrected chi connectivity index (χ2v) is 5.08. The van der Waals surface area contributed by atoms with Crippen LogP contribution in [0.2, 0.25) is 0 Å². The summed E-state index contributed by atoms with van der Waals surface area (Å²) in [6.45, 7) is 6.51. The Bertz CT molecular complexity index is 402. The number of nitrogens with one attached hydrogen (secondary N) is 1. The molecule has 1 aromatic heterocycles. The Morgan fingerprint density at radius 3 is 2.67 bits per heavy atom. The van der Waals surface area contributed by atoms with Crippen LogP contribution in [0, 0.1) is 19.8 Å². The topological polar surface area (TPSA) is 58.4 Å². The Labute approximate surface area is 108 Å². The number of aryl methyl sites for hydroxylation is 2. The molecule has 1 saturated heterocycles. The predicted octanol–water partition coefficient (Wildman–Crippen LogP) is 1.36. The Balaban J connectivity index is 2.00. The van der Waals surface area contributed by atoms with Gasteiger partial charge in [-0.15, -0.1) is 0 Å². The fraction of sp³-hybridized carbons (Fsp3) is 0.692. The molecule has 1 aliphatic heterocycles. The van der Waals surface area contributed by atoms with Gasteiger partial charge in [-0.3, -0.25) is 4.79 Å². The molecule has 0 aliphatic carbocycles. The molecule has 0 unspecified atom stereocenters. The molecule has 100 valence electrons. The van der Waals surface area contributed by atoms with Crippen LogP contribution in [-0.2, 0) is 0 Å². The zero-order valence-electron chi connectivity index (χ0n) is 11.3. The molecular weight excluding hydrogens is 230 g/mol. The molecule has 1 amide bonds. The molecule has 2 rings (SSSR count). The average Bonchev–Trinajstić information content (AvgIpc) is 2.69. The van der Waals surface area contributed by atoms with Crippen LogP contribution >= 0.6 is 0 Å². The SMILES string of the molecule is Cc1noc(C)c1C(=O)N(C)CC1CCNCC1. The van der Waals surface area contributed by atoms with Crippen molar-refractivity contribution in [1.29, 1.82) is 0 Å². The van der Waals surface area contributed by atoms with E-state index in [1.807, 2.05) is 14.0 Å². The Morgan fingerprint density at radius 1 is 1.44 bits per heavy atom. The van der Waals surface area contributed by atoms with E-state index in [0.29, 0.717) is 22.9 Å². The first-order valence-electron chi connectivity index (χ1n) is 6.48. The predicted molar refractivity (Wildman–Crippen MR) is 68.5 cm³/mol. The highest BCUT2D eigenvalue weighted by molar-refractivity contribution is 5.95. The van der Waals surface area contributed by atoms with Crippen molar-refractivity contribution in [3.63, 3.8) is 0 Å². The van der Waals surface area contributed by atoms with Gasteiger partial charge < -0.3 is 14.7 Å². The zero-order chi connectivity index (χ0) is 13.1. The summed E-state index contributed by atoms with van der Waals surface area (Å²) in [5, 5.41) is 7.17. The summed E-state index contributed by atoms with van der Waals surface area (Å²) in [4.78, 5) is 14.1. The quantitative estimate of drug-likeness (QED) is 0.881. The van der Waals surface area contributed by atoms with Gasteiger partial charge in [-0.05, 0) is 45.7 Å². The number of aromatic nitrogens is 1. The van der Waals surface area contributed by atoms with E-state index in [1.54, 1.807) is 11.8 Å². The highest BCUT2D eigenvalue weighted by atomic mass is 16.5. The Kier molecular flexibility index (Phi) is 4.01. The number of rotatable bonds is 3. The van der Waals surface area contributed by atoms with E-state index >= 15 is 0 Å². The van der Waals surface area contributed by atoms with Crippen LogP contribution in [-0.4, -0.2) is 42.6 Å². The van der Waals surface area contributed by atoms with E-state index in [0.717, 1.165) is 32.5 Å². The normalized spacial score (nSPS) is 16.8. The van der Waals surface area contributed by atoms with Gasteiger partial charge >= 0.3 is 0 Å². The van der Waals surface area contributed by atoms with Crippen LogP contribution in [0.25, 0.3) is 0 Å². The van der Waals surface area contributed by atoms with Crippen LogP contribution in [0.4, 0.5) is 0 Å². The molecule has 0 saturated carbocycles. The lowest BCUT2D eigenvalue weighted by Gasteiger charge is -2.27. The van der Waals surface area contributed by atoms with Crippen molar-refractivity contribution in [3.8, 4) is 0 Å². The third-order valence-corrected chi connectivity index (χ3v) is 3.58. The fourth-order valence-corrected chi connectivity index (χ4v) is 2.51. The number of carbonyl (C=O) groups excluding carboxylic acids is 1. The fourth-order valence-electron chi connectivity index (χ4n) is 2.51. The van der Waals surface area contributed by atoms with Crippen LogP contribution in [0.3, 0.4) is 0 Å². The highest BCUT2D eigenvalue weighted by Gasteiger charge is 2.23. The van der Waals surface area contributed by atoms with Gasteiger partial charge in [0.1, 0.15) is 11.3 Å².